The number of benzene rings is 1. The van der Waals surface area contributed by atoms with Crippen LogP contribution in [0.25, 0.3) is 33.3 Å². The van der Waals surface area contributed by atoms with E-state index in [-0.39, 0.29) is 40.9 Å². The molecular formula is C26H25F2N5O3. The summed E-state index contributed by atoms with van der Waals surface area (Å²) in [6.45, 7) is 2.39. The second-order valence-corrected chi connectivity index (χ2v) is 8.45. The van der Waals surface area contributed by atoms with Crippen molar-refractivity contribution in [3.05, 3.63) is 60.2 Å². The van der Waals surface area contributed by atoms with E-state index in [9.17, 15) is 13.6 Å². The van der Waals surface area contributed by atoms with Crippen LogP contribution in [0.3, 0.4) is 0 Å². The summed E-state index contributed by atoms with van der Waals surface area (Å²) < 4.78 is 41.4. The smallest absolute Gasteiger partial charge is 0.359 e. The van der Waals surface area contributed by atoms with Gasteiger partial charge < -0.3 is 15.2 Å². The first-order valence-corrected chi connectivity index (χ1v) is 11.8. The number of ether oxygens (including phenoxy) is 2. The first-order chi connectivity index (χ1) is 17.5. The van der Waals surface area contributed by atoms with Gasteiger partial charge in [-0.3, -0.25) is 4.98 Å². The average molecular weight is 494 g/mol. The Morgan fingerprint density at radius 2 is 2.14 bits per heavy atom. The number of nitrogens with zero attached hydrogens (tertiary/aromatic N) is 4. The number of alkyl halides is 2. The maximum Gasteiger partial charge on any atom is 0.359 e. The monoisotopic (exact) mass is 493 g/mol. The van der Waals surface area contributed by atoms with Gasteiger partial charge in [-0.05, 0) is 50.5 Å². The molecule has 1 aliphatic rings. The van der Waals surface area contributed by atoms with Gasteiger partial charge in [-0.25, -0.2) is 23.2 Å². The number of anilines is 1. The van der Waals surface area contributed by atoms with E-state index in [2.05, 4.69) is 15.1 Å². The molecule has 36 heavy (non-hydrogen) atoms. The molecule has 0 aliphatic carbocycles. The summed E-state index contributed by atoms with van der Waals surface area (Å²) in [4.78, 5) is 21.3. The van der Waals surface area contributed by atoms with Crippen LogP contribution in [0.4, 0.5) is 14.5 Å². The van der Waals surface area contributed by atoms with Crippen molar-refractivity contribution < 1.29 is 23.0 Å². The molecule has 4 heterocycles. The molecule has 10 heteroatoms. The molecule has 4 aromatic rings. The Labute approximate surface area is 206 Å². The van der Waals surface area contributed by atoms with Crippen molar-refractivity contribution in [2.24, 2.45) is 0 Å². The molecule has 0 radical (unpaired) electrons. The molecule has 3 aromatic heterocycles. The fourth-order valence-corrected chi connectivity index (χ4v) is 4.55. The zero-order valence-electron chi connectivity index (χ0n) is 19.7. The minimum absolute atomic E-state index is 0.0443. The molecular weight excluding hydrogens is 468 g/mol. The van der Waals surface area contributed by atoms with Crippen LogP contribution < -0.4 is 5.73 Å². The maximum absolute atomic E-state index is 14.3. The third-order valence-electron chi connectivity index (χ3n) is 6.23. The molecule has 0 spiro atoms. The number of fused-ring (bicyclic) bond motifs is 1. The predicted octanol–water partition coefficient (Wildman–Crippen LogP) is 5.56. The number of hydrogen-bond acceptors (Lipinski definition) is 7. The molecule has 2 N–H and O–H groups in total. The third kappa shape index (κ3) is 4.28. The van der Waals surface area contributed by atoms with Crippen molar-refractivity contribution in [3.63, 3.8) is 0 Å². The lowest BCUT2D eigenvalue weighted by Crippen LogP contribution is -2.19. The van der Waals surface area contributed by atoms with E-state index in [0.717, 1.165) is 19.3 Å². The van der Waals surface area contributed by atoms with E-state index in [1.807, 2.05) is 0 Å². The summed E-state index contributed by atoms with van der Waals surface area (Å²) in [5.74, 6) is -0.737. The van der Waals surface area contributed by atoms with Gasteiger partial charge in [0.25, 0.3) is 6.43 Å². The summed E-state index contributed by atoms with van der Waals surface area (Å²) in [6, 6.07) is 8.08. The van der Waals surface area contributed by atoms with Crippen LogP contribution in [-0.4, -0.2) is 38.9 Å². The molecule has 0 amide bonds. The van der Waals surface area contributed by atoms with E-state index in [1.54, 1.807) is 54.5 Å². The Morgan fingerprint density at radius 3 is 2.83 bits per heavy atom. The van der Waals surface area contributed by atoms with E-state index < -0.39 is 12.4 Å². The average Bonchev–Trinajstić information content (AvgIpc) is 3.34. The van der Waals surface area contributed by atoms with E-state index in [1.165, 1.54) is 6.07 Å². The second kappa shape index (κ2) is 9.98. The zero-order chi connectivity index (χ0) is 25.2. The fourth-order valence-electron chi connectivity index (χ4n) is 4.55. The Balaban J connectivity index is 1.78. The summed E-state index contributed by atoms with van der Waals surface area (Å²) in [6.07, 6.45) is 4.38. The standard InChI is InChI=1S/C26H25F2N5O3/c1-2-35-26(34)24-23(29)17(12-19(32-24)15-6-5-10-30-13-15)22-16(25(27)28)8-9-20-18(22)14-31-33(20)21-7-3-4-11-36-21/h5-6,8-10,12-14,21,25H,2-4,7,11,29H2,1H3. The number of carbonyl (C=O) groups is 1. The molecule has 0 bridgehead atoms. The number of pyridine rings is 2. The summed E-state index contributed by atoms with van der Waals surface area (Å²) in [7, 11) is 0. The lowest BCUT2D eigenvalue weighted by atomic mass is 9.93. The highest BCUT2D eigenvalue weighted by atomic mass is 19.3. The molecule has 1 fully saturated rings. The number of carbonyl (C=O) groups excluding carboxylic acids is 1. The SMILES string of the molecule is CCOC(=O)c1nc(-c2cccnc2)cc(-c2c(C(F)F)ccc3c2cnn3C2CCCCO2)c1N. The van der Waals surface area contributed by atoms with Gasteiger partial charge in [0, 0.05) is 46.6 Å². The van der Waals surface area contributed by atoms with Crippen LogP contribution in [0.15, 0.2) is 48.9 Å². The van der Waals surface area contributed by atoms with Crippen LogP contribution in [0, 0.1) is 0 Å². The van der Waals surface area contributed by atoms with Gasteiger partial charge >= 0.3 is 5.97 Å². The van der Waals surface area contributed by atoms with Gasteiger partial charge in [-0.1, -0.05) is 6.07 Å². The van der Waals surface area contributed by atoms with Crippen molar-refractivity contribution in [2.45, 2.75) is 38.8 Å². The first kappa shape index (κ1) is 23.8. The molecule has 0 saturated carbocycles. The fraction of sp³-hybridized carbons (Fsp3) is 0.308. The van der Waals surface area contributed by atoms with Gasteiger partial charge in [0.1, 0.15) is 0 Å². The number of nitrogen functional groups attached to an aromatic ring is 1. The second-order valence-electron chi connectivity index (χ2n) is 8.45. The van der Waals surface area contributed by atoms with E-state index in [4.69, 9.17) is 15.2 Å². The molecule has 5 rings (SSSR count). The highest BCUT2D eigenvalue weighted by Crippen LogP contribution is 2.42. The van der Waals surface area contributed by atoms with Gasteiger partial charge in [0.15, 0.2) is 11.9 Å². The Morgan fingerprint density at radius 1 is 1.28 bits per heavy atom. The van der Waals surface area contributed by atoms with Crippen LogP contribution in [0.1, 0.15) is 54.9 Å². The van der Waals surface area contributed by atoms with Gasteiger partial charge in [0.2, 0.25) is 0 Å². The third-order valence-corrected chi connectivity index (χ3v) is 6.23. The van der Waals surface area contributed by atoms with Crippen molar-refractivity contribution in [1.29, 1.82) is 0 Å². The summed E-state index contributed by atoms with van der Waals surface area (Å²) in [5.41, 5.74) is 8.05. The number of nitrogens with two attached hydrogens (primary N) is 1. The Bertz CT molecular complexity index is 1400. The number of esters is 1. The molecule has 8 nitrogen and oxygen atoms in total. The van der Waals surface area contributed by atoms with Crippen LogP contribution in [-0.2, 0) is 9.47 Å². The number of rotatable bonds is 6. The van der Waals surface area contributed by atoms with Crippen molar-refractivity contribution >= 4 is 22.6 Å². The molecule has 1 aliphatic heterocycles. The topological polar surface area (TPSA) is 105 Å². The van der Waals surface area contributed by atoms with E-state index in [0.29, 0.717) is 28.8 Å². The van der Waals surface area contributed by atoms with Crippen molar-refractivity contribution in [3.8, 4) is 22.4 Å². The van der Waals surface area contributed by atoms with Gasteiger partial charge in [0.05, 0.1) is 29.7 Å². The van der Waals surface area contributed by atoms with Crippen LogP contribution >= 0.6 is 0 Å². The number of halogens is 2. The zero-order valence-corrected chi connectivity index (χ0v) is 19.7. The van der Waals surface area contributed by atoms with Crippen LogP contribution in [0.2, 0.25) is 0 Å². The largest absolute Gasteiger partial charge is 0.461 e. The van der Waals surface area contributed by atoms with Crippen LogP contribution in [0.5, 0.6) is 0 Å². The minimum Gasteiger partial charge on any atom is -0.461 e. The number of aromatic nitrogens is 4. The summed E-state index contributed by atoms with van der Waals surface area (Å²) in [5, 5.41) is 4.97. The molecule has 1 atom stereocenters. The molecule has 1 unspecified atom stereocenters. The van der Waals surface area contributed by atoms with E-state index >= 15 is 0 Å². The normalized spacial score (nSPS) is 15.9. The summed E-state index contributed by atoms with van der Waals surface area (Å²) >= 11 is 0. The lowest BCUT2D eigenvalue weighted by molar-refractivity contribution is -0.0366. The Kier molecular flexibility index (Phi) is 6.60. The highest BCUT2D eigenvalue weighted by molar-refractivity contribution is 6.05. The number of hydrogen-bond donors (Lipinski definition) is 1. The van der Waals surface area contributed by atoms with Crippen molar-refractivity contribution in [1.82, 2.24) is 19.7 Å². The minimum atomic E-state index is -2.79. The molecule has 1 saturated heterocycles. The quantitative estimate of drug-likeness (QED) is 0.351. The highest BCUT2D eigenvalue weighted by Gasteiger charge is 2.27. The van der Waals surface area contributed by atoms with Gasteiger partial charge in [-0.15, -0.1) is 0 Å². The molecule has 1 aromatic carbocycles. The van der Waals surface area contributed by atoms with Gasteiger partial charge in [-0.2, -0.15) is 5.10 Å². The Hall–Kier alpha value is -3.92. The van der Waals surface area contributed by atoms with Crippen molar-refractivity contribution in [2.75, 3.05) is 18.9 Å². The molecule has 186 valence electrons. The lowest BCUT2D eigenvalue weighted by Gasteiger charge is -2.23. The predicted molar refractivity (Wildman–Crippen MR) is 130 cm³/mol. The first-order valence-electron chi connectivity index (χ1n) is 11.8. The maximum atomic E-state index is 14.3.